The summed E-state index contributed by atoms with van der Waals surface area (Å²) in [5, 5.41) is 0. The van der Waals surface area contributed by atoms with Gasteiger partial charge in [-0.15, -0.1) is 0 Å². The molecule has 0 radical (unpaired) electrons. The predicted octanol–water partition coefficient (Wildman–Crippen LogP) is 12.3. The molecular formula is C45H44F8O3. The number of benzene rings is 4. The molecular weight excluding hydrogens is 740 g/mol. The van der Waals surface area contributed by atoms with Gasteiger partial charge in [-0.3, -0.25) is 0 Å². The maximum absolute atomic E-state index is 14.5. The Labute approximate surface area is 323 Å². The molecule has 0 aromatic heterocycles. The highest BCUT2D eigenvalue weighted by Crippen LogP contribution is 2.24. The Morgan fingerprint density at radius 3 is 1.41 bits per heavy atom. The van der Waals surface area contributed by atoms with Gasteiger partial charge in [0.05, 0.1) is 24.3 Å². The number of unbranched alkanes of at least 4 members (excludes halogenated alkanes) is 6. The molecule has 0 fully saturated rings. The van der Waals surface area contributed by atoms with Gasteiger partial charge in [0.2, 0.25) is 0 Å². The minimum Gasteiger partial charge on any atom is -0.493 e. The van der Waals surface area contributed by atoms with Crippen molar-refractivity contribution in [3.05, 3.63) is 129 Å². The van der Waals surface area contributed by atoms with Gasteiger partial charge < -0.3 is 14.2 Å². The monoisotopic (exact) mass is 784 g/mol. The lowest BCUT2D eigenvalue weighted by molar-refractivity contribution is 0.0132. The molecule has 0 saturated heterocycles. The summed E-state index contributed by atoms with van der Waals surface area (Å²) in [7, 11) is 0. The fourth-order valence-corrected chi connectivity index (χ4v) is 5.99. The van der Waals surface area contributed by atoms with Crippen LogP contribution in [0.2, 0.25) is 0 Å². The third-order valence-corrected chi connectivity index (χ3v) is 8.96. The van der Waals surface area contributed by atoms with E-state index < -0.39 is 46.5 Å². The number of rotatable bonds is 20. The fraction of sp³-hybridized carbons (Fsp3) is 0.378. The van der Waals surface area contributed by atoms with Gasteiger partial charge in [0.1, 0.15) is 23.1 Å². The number of hydrogen-bond donors (Lipinski definition) is 0. The highest BCUT2D eigenvalue weighted by molar-refractivity contribution is 5.46. The first-order valence-electron chi connectivity index (χ1n) is 18.8. The topological polar surface area (TPSA) is 27.7 Å². The van der Waals surface area contributed by atoms with E-state index in [0.29, 0.717) is 24.9 Å². The highest BCUT2D eigenvalue weighted by Gasteiger charge is 2.12. The summed E-state index contributed by atoms with van der Waals surface area (Å²) in [6, 6.07) is 11.2. The smallest absolute Gasteiger partial charge is 0.194 e. The molecule has 3 nitrogen and oxygen atoms in total. The maximum Gasteiger partial charge on any atom is 0.194 e. The quantitative estimate of drug-likeness (QED) is 0.0294. The van der Waals surface area contributed by atoms with Crippen LogP contribution in [0.15, 0.2) is 60.7 Å². The Kier molecular flexibility index (Phi) is 18.1. The number of hydrogen-bond acceptors (Lipinski definition) is 3. The SMILES string of the molecule is CCCC(CCCCCCCOc1ccc(C#Cc2cc(F)c(F)c(F)c2)c(F)c1)CCCCCOCOc1ccc(C#Cc2cc(F)c(F)c(F)c2)c(F)c1. The normalized spacial score (nSPS) is 11.4. The van der Waals surface area contributed by atoms with Gasteiger partial charge in [-0.1, -0.05) is 94.8 Å². The molecule has 0 bridgehead atoms. The van der Waals surface area contributed by atoms with Crippen molar-refractivity contribution in [2.75, 3.05) is 20.0 Å². The van der Waals surface area contributed by atoms with Crippen LogP contribution in [0.25, 0.3) is 0 Å². The predicted molar refractivity (Wildman–Crippen MR) is 199 cm³/mol. The molecule has 4 rings (SSSR count). The summed E-state index contributed by atoms with van der Waals surface area (Å²) in [5.74, 6) is 1.20. The van der Waals surface area contributed by atoms with Crippen LogP contribution in [0.1, 0.15) is 106 Å². The third kappa shape index (κ3) is 14.6. The fourth-order valence-electron chi connectivity index (χ4n) is 5.99. The number of ether oxygens (including phenoxy) is 3. The first kappa shape index (κ1) is 43.7. The van der Waals surface area contributed by atoms with Gasteiger partial charge in [0, 0.05) is 23.3 Å². The van der Waals surface area contributed by atoms with E-state index in [-0.39, 0.29) is 34.8 Å². The van der Waals surface area contributed by atoms with Crippen LogP contribution in [0.5, 0.6) is 11.5 Å². The van der Waals surface area contributed by atoms with Crippen molar-refractivity contribution in [3.8, 4) is 35.2 Å². The first-order valence-corrected chi connectivity index (χ1v) is 18.8. The molecule has 0 saturated carbocycles. The molecule has 0 heterocycles. The molecule has 0 aliphatic carbocycles. The number of halogens is 8. The summed E-state index contributed by atoms with van der Waals surface area (Å²) in [5.41, 5.74) is -0.208. The Morgan fingerprint density at radius 1 is 0.464 bits per heavy atom. The van der Waals surface area contributed by atoms with E-state index in [2.05, 4.69) is 30.6 Å². The summed E-state index contributed by atoms with van der Waals surface area (Å²) < 4.78 is 125. The van der Waals surface area contributed by atoms with Crippen LogP contribution in [0.4, 0.5) is 35.1 Å². The van der Waals surface area contributed by atoms with E-state index in [4.69, 9.17) is 14.2 Å². The van der Waals surface area contributed by atoms with Gasteiger partial charge >= 0.3 is 0 Å². The summed E-state index contributed by atoms with van der Waals surface area (Å²) in [6.45, 7) is 3.13. The molecule has 298 valence electrons. The van der Waals surface area contributed by atoms with Crippen LogP contribution in [0.3, 0.4) is 0 Å². The molecule has 11 heteroatoms. The zero-order chi connectivity index (χ0) is 40.3. The Bertz CT molecular complexity index is 1820. The molecule has 0 spiro atoms. The van der Waals surface area contributed by atoms with E-state index in [0.717, 1.165) is 81.7 Å². The van der Waals surface area contributed by atoms with E-state index in [1.54, 1.807) is 6.07 Å². The van der Waals surface area contributed by atoms with Crippen molar-refractivity contribution >= 4 is 0 Å². The second-order valence-corrected chi connectivity index (χ2v) is 13.4. The Hall–Kier alpha value is -5.00. The second-order valence-electron chi connectivity index (χ2n) is 13.4. The summed E-state index contributed by atoms with van der Waals surface area (Å²) in [6.07, 6.45) is 13.0. The van der Waals surface area contributed by atoms with E-state index >= 15 is 0 Å². The molecule has 0 aliphatic rings. The minimum absolute atomic E-state index is 0.00894. The third-order valence-electron chi connectivity index (χ3n) is 8.96. The molecule has 1 atom stereocenters. The molecule has 56 heavy (non-hydrogen) atoms. The molecule has 4 aromatic carbocycles. The largest absolute Gasteiger partial charge is 0.493 e. The van der Waals surface area contributed by atoms with Gasteiger partial charge in [0.25, 0.3) is 0 Å². The Balaban J connectivity index is 1.02. The lowest BCUT2D eigenvalue weighted by Gasteiger charge is -2.16. The van der Waals surface area contributed by atoms with Crippen LogP contribution in [-0.2, 0) is 4.74 Å². The van der Waals surface area contributed by atoms with Crippen LogP contribution >= 0.6 is 0 Å². The summed E-state index contributed by atoms with van der Waals surface area (Å²) >= 11 is 0. The first-order chi connectivity index (χ1) is 27.0. The highest BCUT2D eigenvalue weighted by atomic mass is 19.2. The summed E-state index contributed by atoms with van der Waals surface area (Å²) in [4.78, 5) is 0. The van der Waals surface area contributed by atoms with Crippen LogP contribution in [0, 0.1) is 76.1 Å². The van der Waals surface area contributed by atoms with Crippen molar-refractivity contribution in [1.82, 2.24) is 0 Å². The lowest BCUT2D eigenvalue weighted by Crippen LogP contribution is -2.05. The van der Waals surface area contributed by atoms with Gasteiger partial charge in [-0.2, -0.15) is 0 Å². The van der Waals surface area contributed by atoms with Crippen molar-refractivity contribution in [1.29, 1.82) is 0 Å². The van der Waals surface area contributed by atoms with Crippen molar-refractivity contribution < 1.29 is 49.3 Å². The minimum atomic E-state index is -1.59. The average Bonchev–Trinajstić information content (AvgIpc) is 3.17. The zero-order valence-corrected chi connectivity index (χ0v) is 31.2. The Morgan fingerprint density at radius 2 is 0.911 bits per heavy atom. The van der Waals surface area contributed by atoms with E-state index in [1.165, 1.54) is 49.9 Å². The molecule has 0 amide bonds. The van der Waals surface area contributed by atoms with Crippen molar-refractivity contribution in [2.24, 2.45) is 5.92 Å². The van der Waals surface area contributed by atoms with Crippen LogP contribution in [-0.4, -0.2) is 20.0 Å². The van der Waals surface area contributed by atoms with Gasteiger partial charge in [-0.05, 0) is 67.3 Å². The van der Waals surface area contributed by atoms with E-state index in [1.807, 2.05) is 0 Å². The van der Waals surface area contributed by atoms with Crippen LogP contribution < -0.4 is 9.47 Å². The van der Waals surface area contributed by atoms with Crippen molar-refractivity contribution in [3.63, 3.8) is 0 Å². The molecule has 4 aromatic rings. The van der Waals surface area contributed by atoms with E-state index in [9.17, 15) is 35.1 Å². The lowest BCUT2D eigenvalue weighted by atomic mass is 9.91. The maximum atomic E-state index is 14.5. The van der Waals surface area contributed by atoms with Gasteiger partial charge in [-0.25, -0.2) is 35.1 Å². The standard InChI is InChI=1S/C45H44F8O3/c1-2-11-31(12-7-4-3-5-10-23-55-36-20-18-34(38(46)28-36)16-14-32-24-40(48)44(52)41(49)25-32)13-8-6-9-22-54-30-56-37-21-19-35(39(47)29-37)17-15-33-26-42(50)45(53)43(51)27-33/h18-21,24-29,31H,2-13,22-23,30H2,1H3. The van der Waals surface area contributed by atoms with Crippen molar-refractivity contribution in [2.45, 2.75) is 84.0 Å². The average molecular weight is 785 g/mol. The zero-order valence-electron chi connectivity index (χ0n) is 31.2. The second kappa shape index (κ2) is 23.2. The van der Waals surface area contributed by atoms with Gasteiger partial charge in [0.15, 0.2) is 41.7 Å². The molecule has 0 N–H and O–H groups in total. The molecule has 0 aliphatic heterocycles. The molecule has 1 unspecified atom stereocenters.